The predicted octanol–water partition coefficient (Wildman–Crippen LogP) is 3.84. The fourth-order valence-corrected chi connectivity index (χ4v) is 3.11. The molecule has 0 aliphatic carbocycles. The van der Waals surface area contributed by atoms with Crippen LogP contribution in [0.2, 0.25) is 0 Å². The molecule has 3 rings (SSSR count). The zero-order valence-corrected chi connectivity index (χ0v) is 17.9. The number of nitrogens with zero attached hydrogens (tertiary/aromatic N) is 2. The summed E-state index contributed by atoms with van der Waals surface area (Å²) >= 11 is 0. The lowest BCUT2D eigenvalue weighted by molar-refractivity contribution is -0.144. The van der Waals surface area contributed by atoms with E-state index in [1.54, 1.807) is 14.0 Å². The van der Waals surface area contributed by atoms with Crippen LogP contribution in [0.15, 0.2) is 52.9 Å². The SMILES string of the molecule is COCCOC(=O)CCc1cccc(-c2nnc(-c3cccc(CCC(C)O)c3)o2)c1. The lowest BCUT2D eigenvalue weighted by Gasteiger charge is -2.05. The zero-order chi connectivity index (χ0) is 22.1. The topological polar surface area (TPSA) is 94.7 Å². The van der Waals surface area contributed by atoms with Crippen LogP contribution in [0.25, 0.3) is 22.9 Å². The number of aliphatic hydroxyl groups excluding tert-OH is 1. The van der Waals surface area contributed by atoms with E-state index in [1.807, 2.05) is 48.5 Å². The second-order valence-electron chi connectivity index (χ2n) is 7.41. The van der Waals surface area contributed by atoms with Crippen molar-refractivity contribution in [3.8, 4) is 22.9 Å². The van der Waals surface area contributed by atoms with Gasteiger partial charge in [0.25, 0.3) is 0 Å². The van der Waals surface area contributed by atoms with Crippen molar-refractivity contribution in [2.75, 3.05) is 20.3 Å². The van der Waals surface area contributed by atoms with Gasteiger partial charge < -0.3 is 19.0 Å². The van der Waals surface area contributed by atoms with Crippen LogP contribution < -0.4 is 0 Å². The summed E-state index contributed by atoms with van der Waals surface area (Å²) in [5.41, 5.74) is 3.74. The van der Waals surface area contributed by atoms with Gasteiger partial charge in [-0.15, -0.1) is 10.2 Å². The number of aromatic nitrogens is 2. The third-order valence-corrected chi connectivity index (χ3v) is 4.79. The third-order valence-electron chi connectivity index (χ3n) is 4.79. The van der Waals surface area contributed by atoms with Crippen molar-refractivity contribution in [3.05, 3.63) is 59.7 Å². The van der Waals surface area contributed by atoms with E-state index in [9.17, 15) is 9.90 Å². The Balaban J connectivity index is 1.65. The molecule has 1 aromatic heterocycles. The molecular weight excluding hydrogens is 396 g/mol. The fourth-order valence-electron chi connectivity index (χ4n) is 3.11. The fraction of sp³-hybridized carbons (Fsp3) is 0.375. The number of benzene rings is 2. The second-order valence-corrected chi connectivity index (χ2v) is 7.41. The first-order valence-electron chi connectivity index (χ1n) is 10.4. The van der Waals surface area contributed by atoms with Gasteiger partial charge in [0.15, 0.2) is 0 Å². The van der Waals surface area contributed by atoms with Gasteiger partial charge in [-0.2, -0.15) is 0 Å². The summed E-state index contributed by atoms with van der Waals surface area (Å²) in [4.78, 5) is 11.8. The number of methoxy groups -OCH3 is 1. The molecule has 164 valence electrons. The largest absolute Gasteiger partial charge is 0.463 e. The molecule has 1 N–H and O–H groups in total. The number of aryl methyl sites for hydroxylation is 2. The van der Waals surface area contributed by atoms with Crippen molar-refractivity contribution in [3.63, 3.8) is 0 Å². The first-order valence-corrected chi connectivity index (χ1v) is 10.4. The quantitative estimate of drug-likeness (QED) is 0.369. The number of carbonyl (C=O) groups is 1. The third kappa shape index (κ3) is 7.01. The maximum atomic E-state index is 11.8. The van der Waals surface area contributed by atoms with Crippen molar-refractivity contribution in [2.24, 2.45) is 0 Å². The first-order chi connectivity index (χ1) is 15.0. The van der Waals surface area contributed by atoms with Crippen molar-refractivity contribution in [1.82, 2.24) is 10.2 Å². The van der Waals surface area contributed by atoms with Gasteiger partial charge >= 0.3 is 5.97 Å². The van der Waals surface area contributed by atoms with Gasteiger partial charge in [-0.3, -0.25) is 4.79 Å². The number of ether oxygens (including phenoxy) is 2. The monoisotopic (exact) mass is 424 g/mol. The van der Waals surface area contributed by atoms with Crippen molar-refractivity contribution < 1.29 is 23.8 Å². The van der Waals surface area contributed by atoms with Crippen LogP contribution in [0.1, 0.15) is 30.9 Å². The minimum Gasteiger partial charge on any atom is -0.463 e. The van der Waals surface area contributed by atoms with Crippen LogP contribution >= 0.6 is 0 Å². The van der Waals surface area contributed by atoms with E-state index in [1.165, 1.54) is 0 Å². The highest BCUT2D eigenvalue weighted by atomic mass is 16.6. The van der Waals surface area contributed by atoms with Gasteiger partial charge in [0.1, 0.15) is 6.61 Å². The molecule has 0 amide bonds. The Kier molecular flexibility index (Phi) is 8.32. The normalized spacial score (nSPS) is 12.0. The molecule has 31 heavy (non-hydrogen) atoms. The number of esters is 1. The molecule has 0 aliphatic rings. The van der Waals surface area contributed by atoms with Crippen LogP contribution in [0.4, 0.5) is 0 Å². The van der Waals surface area contributed by atoms with Crippen molar-refractivity contribution >= 4 is 5.97 Å². The molecule has 1 unspecified atom stereocenters. The maximum Gasteiger partial charge on any atom is 0.306 e. The molecule has 0 saturated heterocycles. The Morgan fingerprint density at radius 2 is 1.61 bits per heavy atom. The summed E-state index contributed by atoms with van der Waals surface area (Å²) < 4.78 is 15.9. The Hall–Kier alpha value is -3.03. The molecule has 0 saturated carbocycles. The minimum absolute atomic E-state index is 0.252. The molecule has 0 fully saturated rings. The molecule has 7 nitrogen and oxygen atoms in total. The van der Waals surface area contributed by atoms with E-state index < -0.39 is 0 Å². The Morgan fingerprint density at radius 3 is 2.19 bits per heavy atom. The van der Waals surface area contributed by atoms with Gasteiger partial charge in [0.05, 0.1) is 12.7 Å². The van der Waals surface area contributed by atoms with E-state index in [0.717, 1.165) is 28.7 Å². The minimum atomic E-state index is -0.335. The number of hydrogen-bond donors (Lipinski definition) is 1. The number of rotatable bonds is 11. The predicted molar refractivity (Wildman–Crippen MR) is 116 cm³/mol. The number of carbonyl (C=O) groups excluding carboxylic acids is 1. The molecule has 0 spiro atoms. The Labute approximate surface area is 182 Å². The van der Waals surface area contributed by atoms with Gasteiger partial charge in [-0.1, -0.05) is 24.3 Å². The summed E-state index contributed by atoms with van der Waals surface area (Å²) in [6.45, 7) is 2.44. The van der Waals surface area contributed by atoms with Gasteiger partial charge in [-0.25, -0.2) is 0 Å². The van der Waals surface area contributed by atoms with Crippen LogP contribution in [0.3, 0.4) is 0 Å². The van der Waals surface area contributed by atoms with Gasteiger partial charge in [0.2, 0.25) is 11.8 Å². The first kappa shape index (κ1) is 22.7. The molecule has 0 aliphatic heterocycles. The summed E-state index contributed by atoms with van der Waals surface area (Å²) in [6.07, 6.45) is 2.00. The summed E-state index contributed by atoms with van der Waals surface area (Å²) in [5.74, 6) is 0.618. The Bertz CT molecular complexity index is 983. The molecule has 0 bridgehead atoms. The number of hydrogen-bond acceptors (Lipinski definition) is 7. The molecule has 1 atom stereocenters. The highest BCUT2D eigenvalue weighted by Crippen LogP contribution is 2.25. The van der Waals surface area contributed by atoms with E-state index in [2.05, 4.69) is 10.2 Å². The summed E-state index contributed by atoms with van der Waals surface area (Å²) in [6, 6.07) is 15.6. The van der Waals surface area contributed by atoms with Crippen LogP contribution in [0, 0.1) is 0 Å². The zero-order valence-electron chi connectivity index (χ0n) is 17.9. The van der Waals surface area contributed by atoms with Crippen molar-refractivity contribution in [1.29, 1.82) is 0 Å². The molecule has 0 radical (unpaired) electrons. The van der Waals surface area contributed by atoms with E-state index in [-0.39, 0.29) is 18.7 Å². The van der Waals surface area contributed by atoms with Gasteiger partial charge in [0, 0.05) is 24.7 Å². The van der Waals surface area contributed by atoms with Crippen LogP contribution in [-0.4, -0.2) is 47.7 Å². The smallest absolute Gasteiger partial charge is 0.306 e. The molecule has 3 aromatic rings. The molecule has 7 heteroatoms. The second kappa shape index (κ2) is 11.4. The lowest BCUT2D eigenvalue weighted by atomic mass is 10.0. The number of aliphatic hydroxyl groups is 1. The highest BCUT2D eigenvalue weighted by Gasteiger charge is 2.12. The Morgan fingerprint density at radius 1 is 1.00 bits per heavy atom. The van der Waals surface area contributed by atoms with Gasteiger partial charge in [-0.05, 0) is 61.6 Å². The van der Waals surface area contributed by atoms with Crippen molar-refractivity contribution in [2.45, 2.75) is 38.7 Å². The highest BCUT2D eigenvalue weighted by molar-refractivity contribution is 5.70. The maximum absolute atomic E-state index is 11.8. The molecular formula is C24H28N2O5. The average Bonchev–Trinajstić information content (AvgIpc) is 3.27. The summed E-state index contributed by atoms with van der Waals surface area (Å²) in [5, 5.41) is 17.9. The summed E-state index contributed by atoms with van der Waals surface area (Å²) in [7, 11) is 1.57. The molecule has 1 heterocycles. The standard InChI is InChI=1S/C24H28N2O5/c1-17(27)9-10-18-5-3-7-20(15-18)23-25-26-24(31-23)21-8-4-6-19(16-21)11-12-22(28)30-14-13-29-2/h3-8,15-17,27H,9-14H2,1-2H3. The van der Waals surface area contributed by atoms with E-state index >= 15 is 0 Å². The van der Waals surface area contributed by atoms with Crippen LogP contribution in [-0.2, 0) is 27.1 Å². The van der Waals surface area contributed by atoms with Crippen LogP contribution in [0.5, 0.6) is 0 Å². The lowest BCUT2D eigenvalue weighted by Crippen LogP contribution is -2.10. The van der Waals surface area contributed by atoms with E-state index in [0.29, 0.717) is 37.7 Å². The van der Waals surface area contributed by atoms with E-state index in [4.69, 9.17) is 13.9 Å². The molecule has 2 aromatic carbocycles. The average molecular weight is 424 g/mol.